The van der Waals surface area contributed by atoms with Crippen molar-refractivity contribution >= 4 is 32.4 Å². The molecule has 2 aromatic rings. The lowest BCUT2D eigenvalue weighted by Crippen LogP contribution is -2.33. The first kappa shape index (κ1) is 17.3. The van der Waals surface area contributed by atoms with E-state index in [1.165, 1.54) is 11.3 Å². The molecule has 0 aliphatic carbocycles. The Labute approximate surface area is 138 Å². The summed E-state index contributed by atoms with van der Waals surface area (Å²) in [5, 5.41) is 11.5. The summed E-state index contributed by atoms with van der Waals surface area (Å²) in [4.78, 5) is 12.1. The maximum atomic E-state index is 12.1. The zero-order valence-corrected chi connectivity index (χ0v) is 14.0. The molecule has 1 heterocycles. The fraction of sp³-hybridized carbons (Fsp3) is 0.308. The predicted molar refractivity (Wildman–Crippen MR) is 88.2 cm³/mol. The van der Waals surface area contributed by atoms with Gasteiger partial charge in [0.15, 0.2) is 0 Å². The van der Waals surface area contributed by atoms with E-state index in [4.69, 9.17) is 5.73 Å². The summed E-state index contributed by atoms with van der Waals surface area (Å²) in [7, 11) is -3.32. The maximum absolute atomic E-state index is 12.1. The number of carbonyl (C=O) groups excluding carboxylic acids is 1. The molecule has 0 bridgehead atoms. The molecule has 1 aromatic heterocycles. The Hall–Kier alpha value is -2.04. The lowest BCUT2D eigenvalue weighted by atomic mass is 10.1. The molecular formula is C13H17N5O3S2. The topological polar surface area (TPSA) is 127 Å². The highest BCUT2D eigenvalue weighted by molar-refractivity contribution is 7.88. The van der Waals surface area contributed by atoms with Gasteiger partial charge in [0, 0.05) is 13.0 Å². The van der Waals surface area contributed by atoms with E-state index in [1.807, 2.05) is 30.3 Å². The molecule has 1 aromatic carbocycles. The van der Waals surface area contributed by atoms with E-state index in [9.17, 15) is 13.2 Å². The van der Waals surface area contributed by atoms with Gasteiger partial charge in [0.05, 0.1) is 6.26 Å². The third kappa shape index (κ3) is 5.58. The molecule has 1 amide bonds. The van der Waals surface area contributed by atoms with Gasteiger partial charge in [-0.25, -0.2) is 13.1 Å². The van der Waals surface area contributed by atoms with Gasteiger partial charge >= 0.3 is 0 Å². The number of aromatic nitrogens is 2. The molecule has 0 aliphatic heterocycles. The van der Waals surface area contributed by atoms with Gasteiger partial charge in [-0.3, -0.25) is 4.79 Å². The molecule has 23 heavy (non-hydrogen) atoms. The van der Waals surface area contributed by atoms with Gasteiger partial charge in [-0.1, -0.05) is 41.7 Å². The van der Waals surface area contributed by atoms with Crippen LogP contribution in [0.1, 0.15) is 23.0 Å². The van der Waals surface area contributed by atoms with E-state index in [-0.39, 0.29) is 18.9 Å². The third-order valence-electron chi connectivity index (χ3n) is 2.86. The number of nitrogens with one attached hydrogen (secondary N) is 2. The first-order valence-corrected chi connectivity index (χ1v) is 9.44. The van der Waals surface area contributed by atoms with Crippen LogP contribution in [0.2, 0.25) is 0 Å². The fourth-order valence-electron chi connectivity index (χ4n) is 1.88. The van der Waals surface area contributed by atoms with Crippen LogP contribution in [-0.2, 0) is 14.8 Å². The summed E-state index contributed by atoms with van der Waals surface area (Å²) in [6.45, 7) is 0.0322. The van der Waals surface area contributed by atoms with Gasteiger partial charge in [-0.05, 0) is 5.56 Å². The first-order valence-electron chi connectivity index (χ1n) is 6.73. The second-order valence-electron chi connectivity index (χ2n) is 4.81. The van der Waals surface area contributed by atoms with Gasteiger partial charge in [0.1, 0.15) is 11.0 Å². The monoisotopic (exact) mass is 355 g/mol. The van der Waals surface area contributed by atoms with Crippen LogP contribution in [0.3, 0.4) is 0 Å². The van der Waals surface area contributed by atoms with Crippen molar-refractivity contribution in [1.29, 1.82) is 0 Å². The van der Waals surface area contributed by atoms with Crippen molar-refractivity contribution in [3.05, 3.63) is 40.9 Å². The number of anilines is 1. The second kappa shape index (κ2) is 7.49. The number of amides is 1. The molecule has 10 heteroatoms. The van der Waals surface area contributed by atoms with Crippen LogP contribution >= 0.6 is 11.3 Å². The molecule has 2 rings (SSSR count). The number of nitrogens with two attached hydrogens (primary N) is 1. The highest BCUT2D eigenvalue weighted by Crippen LogP contribution is 2.25. The first-order chi connectivity index (χ1) is 10.8. The molecule has 8 nitrogen and oxygen atoms in total. The highest BCUT2D eigenvalue weighted by atomic mass is 32.2. The zero-order valence-electron chi connectivity index (χ0n) is 12.4. The summed E-state index contributed by atoms with van der Waals surface area (Å²) >= 11 is 1.19. The Morgan fingerprint density at radius 3 is 2.57 bits per heavy atom. The van der Waals surface area contributed by atoms with Crippen LogP contribution in [0.4, 0.5) is 5.13 Å². The number of sulfonamides is 1. The zero-order chi connectivity index (χ0) is 16.9. The van der Waals surface area contributed by atoms with Crippen molar-refractivity contribution in [2.75, 3.05) is 18.5 Å². The van der Waals surface area contributed by atoms with E-state index in [2.05, 4.69) is 20.2 Å². The smallest absolute Gasteiger partial charge is 0.222 e. The molecule has 0 unspecified atom stereocenters. The summed E-state index contributed by atoms with van der Waals surface area (Å²) in [6, 6.07) is 8.81. The minimum Gasteiger partial charge on any atom is -0.374 e. The average Bonchev–Trinajstić information content (AvgIpc) is 2.90. The normalized spacial score (nSPS) is 12.7. The minimum atomic E-state index is -3.32. The van der Waals surface area contributed by atoms with Crippen molar-refractivity contribution in [3.8, 4) is 0 Å². The number of carbonyl (C=O) groups is 1. The minimum absolute atomic E-state index is 0.0185. The van der Waals surface area contributed by atoms with Crippen molar-refractivity contribution in [3.63, 3.8) is 0 Å². The Morgan fingerprint density at radius 2 is 2.00 bits per heavy atom. The Morgan fingerprint density at radius 1 is 1.30 bits per heavy atom. The Kier molecular flexibility index (Phi) is 5.64. The van der Waals surface area contributed by atoms with Crippen LogP contribution in [0.25, 0.3) is 0 Å². The van der Waals surface area contributed by atoms with E-state index in [0.29, 0.717) is 10.1 Å². The molecule has 0 saturated carbocycles. The number of nitrogens with zero attached hydrogens (tertiary/aromatic N) is 2. The van der Waals surface area contributed by atoms with Crippen molar-refractivity contribution < 1.29 is 13.2 Å². The molecule has 0 saturated heterocycles. The average molecular weight is 355 g/mol. The van der Waals surface area contributed by atoms with Crippen molar-refractivity contribution in [2.24, 2.45) is 0 Å². The van der Waals surface area contributed by atoms with Crippen LogP contribution in [0.5, 0.6) is 0 Å². The van der Waals surface area contributed by atoms with Gasteiger partial charge in [-0.2, -0.15) is 0 Å². The summed E-state index contributed by atoms with van der Waals surface area (Å²) in [5.41, 5.74) is 6.45. The number of hydrogen-bond acceptors (Lipinski definition) is 7. The van der Waals surface area contributed by atoms with Gasteiger partial charge in [0.25, 0.3) is 0 Å². The van der Waals surface area contributed by atoms with Crippen molar-refractivity contribution in [2.45, 2.75) is 12.5 Å². The quantitative estimate of drug-likeness (QED) is 0.654. The lowest BCUT2D eigenvalue weighted by Gasteiger charge is -2.16. The standard InChI is InChI=1S/C13H17N5O3S2/c1-23(20,21)15-8-7-10(19)16-11(9-5-3-2-4-6-9)12-17-18-13(14)22-12/h2-6,11,15H,7-8H2,1H3,(H2,14,18)(H,16,19)/t11-/m0/s1. The predicted octanol–water partition coefficient (Wildman–Crippen LogP) is 0.265. The molecule has 0 spiro atoms. The maximum Gasteiger partial charge on any atom is 0.222 e. The van der Waals surface area contributed by atoms with E-state index in [0.717, 1.165) is 11.8 Å². The lowest BCUT2D eigenvalue weighted by molar-refractivity contribution is -0.121. The Balaban J connectivity index is 2.08. The van der Waals surface area contributed by atoms with Crippen LogP contribution in [0, 0.1) is 0 Å². The molecule has 124 valence electrons. The van der Waals surface area contributed by atoms with Gasteiger partial charge < -0.3 is 11.1 Å². The molecule has 0 radical (unpaired) electrons. The van der Waals surface area contributed by atoms with Gasteiger partial charge in [0.2, 0.25) is 21.1 Å². The van der Waals surface area contributed by atoms with Crippen molar-refractivity contribution in [1.82, 2.24) is 20.2 Å². The molecule has 0 aliphatic rings. The SMILES string of the molecule is CS(=O)(=O)NCCC(=O)N[C@@H](c1ccccc1)c1nnc(N)s1. The summed E-state index contributed by atoms with van der Waals surface area (Å²) < 4.78 is 24.3. The summed E-state index contributed by atoms with van der Waals surface area (Å²) in [5.74, 6) is -0.302. The molecule has 0 fully saturated rings. The molecular weight excluding hydrogens is 338 g/mol. The molecule has 4 N–H and O–H groups in total. The largest absolute Gasteiger partial charge is 0.374 e. The Bertz CT molecular complexity index is 761. The van der Waals surface area contributed by atoms with E-state index >= 15 is 0 Å². The van der Waals surface area contributed by atoms with Gasteiger partial charge in [-0.15, -0.1) is 10.2 Å². The number of rotatable bonds is 7. The van der Waals surface area contributed by atoms with Crippen LogP contribution in [0.15, 0.2) is 30.3 Å². The van der Waals surface area contributed by atoms with Crippen LogP contribution < -0.4 is 15.8 Å². The van der Waals surface area contributed by atoms with E-state index in [1.54, 1.807) is 0 Å². The highest BCUT2D eigenvalue weighted by Gasteiger charge is 2.20. The fourth-order valence-corrected chi connectivity index (χ4v) is 3.04. The van der Waals surface area contributed by atoms with E-state index < -0.39 is 16.1 Å². The number of benzene rings is 1. The molecule has 1 atom stereocenters. The van der Waals surface area contributed by atoms with Crippen LogP contribution in [-0.4, -0.2) is 37.3 Å². The second-order valence-corrected chi connectivity index (χ2v) is 7.68. The summed E-state index contributed by atoms with van der Waals surface area (Å²) in [6.07, 6.45) is 1.06. The number of hydrogen-bond donors (Lipinski definition) is 3. The third-order valence-corrected chi connectivity index (χ3v) is 4.40. The number of nitrogen functional groups attached to an aromatic ring is 1.